The molecule has 1 rings (SSSR count). The summed E-state index contributed by atoms with van der Waals surface area (Å²) < 4.78 is 4.49. The highest BCUT2D eigenvalue weighted by atomic mass is 16.5. The van der Waals surface area contributed by atoms with Crippen molar-refractivity contribution in [2.45, 2.75) is 19.3 Å². The van der Waals surface area contributed by atoms with Gasteiger partial charge < -0.3 is 9.84 Å². The van der Waals surface area contributed by atoms with E-state index in [1.54, 1.807) is 30.3 Å². The van der Waals surface area contributed by atoms with Crippen molar-refractivity contribution in [1.29, 1.82) is 5.41 Å². The van der Waals surface area contributed by atoms with Gasteiger partial charge in [0.2, 0.25) is 0 Å². The van der Waals surface area contributed by atoms with Crippen molar-refractivity contribution in [3.63, 3.8) is 0 Å². The average Bonchev–Trinajstić information content (AvgIpc) is 2.46. The number of carboxylic acid groups (broad SMARTS) is 1. The van der Waals surface area contributed by atoms with Gasteiger partial charge in [0, 0.05) is 12.0 Å². The Labute approximate surface area is 117 Å². The fraction of sp³-hybridized carbons (Fsp3) is 0.267. The van der Waals surface area contributed by atoms with Gasteiger partial charge in [-0.05, 0) is 23.6 Å². The first kappa shape index (κ1) is 15.6. The first-order chi connectivity index (χ1) is 9.49. The Morgan fingerprint density at radius 1 is 1.35 bits per heavy atom. The fourth-order valence-corrected chi connectivity index (χ4v) is 1.83. The molecule has 0 aliphatic rings. The predicted molar refractivity (Wildman–Crippen MR) is 75.9 cm³/mol. The number of benzene rings is 1. The number of hydrogen-bond donors (Lipinski definition) is 2. The summed E-state index contributed by atoms with van der Waals surface area (Å²) in [6.07, 6.45) is 3.47. The molecule has 0 heterocycles. The van der Waals surface area contributed by atoms with Crippen molar-refractivity contribution in [2.75, 3.05) is 7.11 Å². The SMILES string of the molecule is CC[C@@H](C(=N)C(=O)O)c1ccc(/C=C/C(=O)OC)cc1. The minimum Gasteiger partial charge on any atom is -0.477 e. The number of carbonyl (C=O) groups is 2. The zero-order valence-electron chi connectivity index (χ0n) is 11.4. The fourth-order valence-electron chi connectivity index (χ4n) is 1.83. The van der Waals surface area contributed by atoms with Crippen LogP contribution in [0.5, 0.6) is 0 Å². The molecule has 0 spiro atoms. The van der Waals surface area contributed by atoms with Gasteiger partial charge in [0.15, 0.2) is 0 Å². The Bertz CT molecular complexity index is 531. The molecule has 1 atom stereocenters. The minimum atomic E-state index is -1.20. The Hall–Kier alpha value is -2.43. The molecule has 1 aromatic rings. The molecule has 106 valence electrons. The maximum absolute atomic E-state index is 11.0. The highest BCUT2D eigenvalue weighted by molar-refractivity contribution is 6.36. The molecule has 0 bridgehead atoms. The van der Waals surface area contributed by atoms with E-state index in [0.29, 0.717) is 6.42 Å². The number of methoxy groups -OCH3 is 1. The van der Waals surface area contributed by atoms with E-state index < -0.39 is 17.9 Å². The summed E-state index contributed by atoms with van der Waals surface area (Å²) in [6, 6.07) is 7.07. The van der Waals surface area contributed by atoms with Crippen LogP contribution in [0.4, 0.5) is 0 Å². The second-order valence-electron chi connectivity index (χ2n) is 4.20. The van der Waals surface area contributed by atoms with Gasteiger partial charge >= 0.3 is 11.9 Å². The van der Waals surface area contributed by atoms with E-state index in [9.17, 15) is 9.59 Å². The van der Waals surface area contributed by atoms with Crippen molar-refractivity contribution in [2.24, 2.45) is 0 Å². The van der Waals surface area contributed by atoms with Crippen molar-refractivity contribution in [1.82, 2.24) is 0 Å². The van der Waals surface area contributed by atoms with Gasteiger partial charge in [-0.1, -0.05) is 31.2 Å². The molecular formula is C15H17NO4. The van der Waals surface area contributed by atoms with Gasteiger partial charge in [-0.15, -0.1) is 0 Å². The van der Waals surface area contributed by atoms with Gasteiger partial charge in [-0.2, -0.15) is 0 Å². The maximum Gasteiger partial charge on any atom is 0.350 e. The number of hydrogen-bond acceptors (Lipinski definition) is 4. The van der Waals surface area contributed by atoms with Crippen molar-refractivity contribution in [3.05, 3.63) is 41.5 Å². The summed E-state index contributed by atoms with van der Waals surface area (Å²) in [5.74, 6) is -2.06. The van der Waals surface area contributed by atoms with Crippen LogP contribution in [0.15, 0.2) is 30.3 Å². The highest BCUT2D eigenvalue weighted by Crippen LogP contribution is 2.21. The Morgan fingerprint density at radius 2 is 1.95 bits per heavy atom. The summed E-state index contributed by atoms with van der Waals surface area (Å²) in [5, 5.41) is 16.5. The average molecular weight is 275 g/mol. The molecule has 0 amide bonds. The van der Waals surface area contributed by atoms with E-state index in [4.69, 9.17) is 10.5 Å². The van der Waals surface area contributed by atoms with Gasteiger partial charge in [0.1, 0.15) is 5.71 Å². The first-order valence-electron chi connectivity index (χ1n) is 6.17. The minimum absolute atomic E-state index is 0.314. The molecule has 0 radical (unpaired) electrons. The summed E-state index contributed by atoms with van der Waals surface area (Å²) in [7, 11) is 1.30. The zero-order valence-corrected chi connectivity index (χ0v) is 11.4. The third-order valence-corrected chi connectivity index (χ3v) is 2.94. The first-order valence-corrected chi connectivity index (χ1v) is 6.17. The molecule has 5 heteroatoms. The van der Waals surface area contributed by atoms with Crippen LogP contribution in [0.1, 0.15) is 30.4 Å². The highest BCUT2D eigenvalue weighted by Gasteiger charge is 2.20. The summed E-state index contributed by atoms with van der Waals surface area (Å²) in [6.45, 7) is 1.84. The van der Waals surface area contributed by atoms with Crippen LogP contribution >= 0.6 is 0 Å². The third-order valence-electron chi connectivity index (χ3n) is 2.94. The van der Waals surface area contributed by atoms with Crippen LogP contribution in [-0.4, -0.2) is 29.9 Å². The summed E-state index contributed by atoms with van der Waals surface area (Å²) in [4.78, 5) is 21.8. The smallest absolute Gasteiger partial charge is 0.350 e. The molecular weight excluding hydrogens is 258 g/mol. The molecule has 0 aliphatic heterocycles. The second kappa shape index (κ2) is 7.23. The summed E-state index contributed by atoms with van der Waals surface area (Å²) >= 11 is 0. The lowest BCUT2D eigenvalue weighted by molar-refractivity contribution is -0.134. The topological polar surface area (TPSA) is 87.5 Å². The standard InChI is InChI=1S/C15H17NO4/c1-3-12(14(16)15(18)19)11-7-4-10(5-8-11)6-9-13(17)20-2/h4-9,12,16H,3H2,1-2H3,(H,18,19)/b9-6+,16-14?/t12-/m1/s1. The quantitative estimate of drug-likeness (QED) is 0.474. The monoisotopic (exact) mass is 275 g/mol. The van der Waals surface area contributed by atoms with Crippen LogP contribution in [0.2, 0.25) is 0 Å². The number of rotatable bonds is 6. The van der Waals surface area contributed by atoms with E-state index in [2.05, 4.69) is 4.74 Å². The lowest BCUT2D eigenvalue weighted by atomic mass is 9.91. The molecule has 0 fully saturated rings. The van der Waals surface area contributed by atoms with E-state index in [0.717, 1.165) is 11.1 Å². The number of esters is 1. The number of carboxylic acids is 1. The molecule has 0 aromatic heterocycles. The lowest BCUT2D eigenvalue weighted by Crippen LogP contribution is -2.20. The number of aliphatic carboxylic acids is 1. The van der Waals surface area contributed by atoms with Crippen LogP contribution in [0.3, 0.4) is 0 Å². The molecule has 2 N–H and O–H groups in total. The van der Waals surface area contributed by atoms with Crippen LogP contribution in [0, 0.1) is 5.41 Å². The molecule has 5 nitrogen and oxygen atoms in total. The normalized spacial score (nSPS) is 12.1. The Kier molecular flexibility index (Phi) is 5.65. The van der Waals surface area contributed by atoms with E-state index in [1.807, 2.05) is 6.92 Å². The molecule has 0 unspecified atom stereocenters. The van der Waals surface area contributed by atoms with Crippen molar-refractivity contribution < 1.29 is 19.4 Å². The molecule has 0 saturated heterocycles. The predicted octanol–water partition coefficient (Wildman–Crippen LogP) is 2.47. The molecule has 1 aromatic carbocycles. The Balaban J connectivity index is 2.89. The van der Waals surface area contributed by atoms with Gasteiger partial charge in [0.05, 0.1) is 7.11 Å². The van der Waals surface area contributed by atoms with Crippen molar-refractivity contribution in [3.8, 4) is 0 Å². The Morgan fingerprint density at radius 3 is 2.40 bits per heavy atom. The third kappa shape index (κ3) is 4.05. The number of nitrogens with one attached hydrogen (secondary N) is 1. The van der Waals surface area contributed by atoms with Gasteiger partial charge in [-0.3, -0.25) is 5.41 Å². The van der Waals surface area contributed by atoms with Crippen LogP contribution in [-0.2, 0) is 14.3 Å². The van der Waals surface area contributed by atoms with E-state index in [1.165, 1.54) is 13.2 Å². The largest absolute Gasteiger partial charge is 0.477 e. The molecule has 0 aliphatic carbocycles. The number of carbonyl (C=O) groups excluding carboxylic acids is 1. The molecule has 0 saturated carbocycles. The van der Waals surface area contributed by atoms with E-state index >= 15 is 0 Å². The van der Waals surface area contributed by atoms with Crippen molar-refractivity contribution >= 4 is 23.7 Å². The van der Waals surface area contributed by atoms with Gasteiger partial charge in [-0.25, -0.2) is 9.59 Å². The van der Waals surface area contributed by atoms with Crippen LogP contribution in [0.25, 0.3) is 6.08 Å². The zero-order chi connectivity index (χ0) is 15.1. The molecule has 20 heavy (non-hydrogen) atoms. The number of ether oxygens (including phenoxy) is 1. The lowest BCUT2D eigenvalue weighted by Gasteiger charge is -2.13. The maximum atomic E-state index is 11.0. The second-order valence-corrected chi connectivity index (χ2v) is 4.20. The summed E-state index contributed by atoms with van der Waals surface area (Å²) in [5.41, 5.74) is 1.26. The van der Waals surface area contributed by atoms with E-state index in [-0.39, 0.29) is 5.71 Å². The van der Waals surface area contributed by atoms with Gasteiger partial charge in [0.25, 0.3) is 0 Å². The van der Waals surface area contributed by atoms with Crippen LogP contribution < -0.4 is 0 Å².